The molecule has 0 amide bonds. The predicted molar refractivity (Wildman–Crippen MR) is 76.4 cm³/mol. The lowest BCUT2D eigenvalue weighted by molar-refractivity contribution is -0.0658. The fraction of sp³-hybridized carbons (Fsp3) is 0.643. The smallest absolute Gasteiger partial charge is 0.248 e. The number of ether oxygens (including phenoxy) is 1. The molecular weight excluding hydrogens is 270 g/mol. The highest BCUT2D eigenvalue weighted by atomic mass is 16.5. The van der Waals surface area contributed by atoms with E-state index >= 15 is 0 Å². The molecule has 0 radical (unpaired) electrons. The van der Waals surface area contributed by atoms with Gasteiger partial charge in [-0.25, -0.2) is 0 Å². The van der Waals surface area contributed by atoms with Gasteiger partial charge < -0.3 is 15.0 Å². The van der Waals surface area contributed by atoms with Gasteiger partial charge in [-0.15, -0.1) is 0 Å². The monoisotopic (exact) mass is 291 g/mol. The highest BCUT2D eigenvalue weighted by Crippen LogP contribution is 2.41. The molecule has 0 aliphatic heterocycles. The zero-order valence-electron chi connectivity index (χ0n) is 12.5. The van der Waals surface area contributed by atoms with E-state index in [1.807, 2.05) is 0 Å². The molecule has 1 aliphatic carbocycles. The third-order valence-electron chi connectivity index (χ3n) is 4.17. The summed E-state index contributed by atoms with van der Waals surface area (Å²) in [6.45, 7) is 2.65. The number of nitrogens with zero attached hydrogens (tertiary/aromatic N) is 4. The fourth-order valence-corrected chi connectivity index (χ4v) is 3.09. The summed E-state index contributed by atoms with van der Waals surface area (Å²) in [4.78, 5) is 4.51. The van der Waals surface area contributed by atoms with Crippen molar-refractivity contribution in [2.45, 2.75) is 44.8 Å². The normalized spacial score (nSPS) is 26.1. The van der Waals surface area contributed by atoms with Crippen LogP contribution in [0.5, 0.6) is 0 Å². The first-order valence-electron chi connectivity index (χ1n) is 7.27. The Bertz CT molecular complexity index is 608. The first-order valence-corrected chi connectivity index (χ1v) is 7.27. The van der Waals surface area contributed by atoms with Crippen LogP contribution in [0.4, 0.5) is 5.69 Å². The minimum Gasteiger partial charge on any atom is -0.396 e. The molecule has 21 heavy (non-hydrogen) atoms. The minimum absolute atomic E-state index is 0.414. The Labute approximate surface area is 123 Å². The van der Waals surface area contributed by atoms with Crippen LogP contribution >= 0.6 is 0 Å². The summed E-state index contributed by atoms with van der Waals surface area (Å²) in [7, 11) is 1.72. The molecule has 1 saturated carbocycles. The Balaban J connectivity index is 1.79. The van der Waals surface area contributed by atoms with Gasteiger partial charge in [-0.3, -0.25) is 4.68 Å². The highest BCUT2D eigenvalue weighted by molar-refractivity contribution is 5.30. The summed E-state index contributed by atoms with van der Waals surface area (Å²) in [5, 5.41) is 8.25. The van der Waals surface area contributed by atoms with E-state index in [2.05, 4.69) is 22.2 Å². The Morgan fingerprint density at radius 2 is 2.43 bits per heavy atom. The number of anilines is 1. The molecule has 0 saturated heterocycles. The van der Waals surface area contributed by atoms with Crippen LogP contribution in [0, 0.1) is 5.92 Å². The number of hydrogen-bond donors (Lipinski definition) is 1. The van der Waals surface area contributed by atoms with Crippen molar-refractivity contribution in [1.29, 1.82) is 0 Å². The van der Waals surface area contributed by atoms with Gasteiger partial charge in [0.1, 0.15) is 12.1 Å². The van der Waals surface area contributed by atoms with Crippen molar-refractivity contribution in [2.24, 2.45) is 5.92 Å². The van der Waals surface area contributed by atoms with Crippen molar-refractivity contribution in [3.05, 3.63) is 24.1 Å². The Hall–Kier alpha value is -1.89. The molecule has 7 nitrogen and oxygen atoms in total. The molecule has 2 heterocycles. The maximum atomic E-state index is 5.78. The molecule has 1 fully saturated rings. The van der Waals surface area contributed by atoms with Crippen molar-refractivity contribution in [3.8, 4) is 0 Å². The quantitative estimate of drug-likeness (QED) is 0.925. The zero-order valence-corrected chi connectivity index (χ0v) is 12.5. The van der Waals surface area contributed by atoms with E-state index in [1.165, 1.54) is 6.42 Å². The number of aromatic nitrogens is 4. The molecule has 2 aromatic heterocycles. The van der Waals surface area contributed by atoms with Gasteiger partial charge in [0.25, 0.3) is 0 Å². The number of rotatable bonds is 4. The fourth-order valence-electron chi connectivity index (χ4n) is 3.09. The van der Waals surface area contributed by atoms with Gasteiger partial charge in [0, 0.05) is 13.3 Å². The van der Waals surface area contributed by atoms with E-state index in [-0.39, 0.29) is 0 Å². The van der Waals surface area contributed by atoms with Gasteiger partial charge in [0.05, 0.1) is 11.9 Å². The van der Waals surface area contributed by atoms with Gasteiger partial charge >= 0.3 is 0 Å². The molecule has 0 bridgehead atoms. The van der Waals surface area contributed by atoms with E-state index in [9.17, 15) is 0 Å². The van der Waals surface area contributed by atoms with E-state index in [0.29, 0.717) is 29.9 Å². The van der Waals surface area contributed by atoms with E-state index in [1.54, 1.807) is 24.2 Å². The van der Waals surface area contributed by atoms with Crippen LogP contribution in [0.15, 0.2) is 16.9 Å². The van der Waals surface area contributed by atoms with Crippen LogP contribution < -0.4 is 5.73 Å². The standard InChI is InChI=1S/C14H21N5O2/c1-10-4-3-5-14(6-10,20-2)13-17-12(21-18-13)9-19-8-11(15)7-16-19/h7-8,10H,3-6,9,15H2,1-2H3. The number of hydrogen-bond acceptors (Lipinski definition) is 6. The van der Waals surface area contributed by atoms with Gasteiger partial charge in [-0.2, -0.15) is 10.1 Å². The minimum atomic E-state index is -0.414. The first-order chi connectivity index (χ1) is 10.1. The lowest BCUT2D eigenvalue weighted by atomic mass is 9.78. The largest absolute Gasteiger partial charge is 0.396 e. The van der Waals surface area contributed by atoms with Gasteiger partial charge in [0.2, 0.25) is 11.7 Å². The number of nitrogens with two attached hydrogens (primary N) is 1. The topological polar surface area (TPSA) is 92.0 Å². The maximum Gasteiger partial charge on any atom is 0.248 e. The average molecular weight is 291 g/mol. The van der Waals surface area contributed by atoms with Gasteiger partial charge in [-0.05, 0) is 25.2 Å². The number of methoxy groups -OCH3 is 1. The van der Waals surface area contributed by atoms with Crippen molar-refractivity contribution < 1.29 is 9.26 Å². The van der Waals surface area contributed by atoms with Crippen molar-refractivity contribution in [3.63, 3.8) is 0 Å². The lowest BCUT2D eigenvalue weighted by Gasteiger charge is -2.36. The maximum absolute atomic E-state index is 5.78. The molecule has 2 N–H and O–H groups in total. The second-order valence-corrected chi connectivity index (χ2v) is 5.88. The molecule has 2 atom stereocenters. The van der Waals surface area contributed by atoms with Crippen molar-refractivity contribution in [1.82, 2.24) is 19.9 Å². The van der Waals surface area contributed by atoms with Crippen LogP contribution in [0.25, 0.3) is 0 Å². The molecule has 7 heteroatoms. The van der Waals surface area contributed by atoms with Crippen LogP contribution in [0.1, 0.15) is 44.3 Å². The average Bonchev–Trinajstić information content (AvgIpc) is 3.09. The predicted octanol–water partition coefficient (Wildman–Crippen LogP) is 1.95. The van der Waals surface area contributed by atoms with Crippen molar-refractivity contribution >= 4 is 5.69 Å². The third kappa shape index (κ3) is 2.78. The van der Waals surface area contributed by atoms with E-state index in [4.69, 9.17) is 15.0 Å². The van der Waals surface area contributed by atoms with Crippen LogP contribution in [-0.2, 0) is 16.9 Å². The number of nitrogen functional groups attached to an aromatic ring is 1. The molecule has 1 aliphatic rings. The summed E-state index contributed by atoms with van der Waals surface area (Å²) < 4.78 is 12.8. The summed E-state index contributed by atoms with van der Waals surface area (Å²) in [6.07, 6.45) is 7.53. The summed E-state index contributed by atoms with van der Waals surface area (Å²) in [5.74, 6) is 1.76. The second-order valence-electron chi connectivity index (χ2n) is 5.88. The Kier molecular flexibility index (Phi) is 3.67. The van der Waals surface area contributed by atoms with Crippen molar-refractivity contribution in [2.75, 3.05) is 12.8 Å². The Morgan fingerprint density at radius 1 is 1.57 bits per heavy atom. The lowest BCUT2D eigenvalue weighted by Crippen LogP contribution is -2.35. The zero-order chi connectivity index (χ0) is 14.9. The van der Waals surface area contributed by atoms with Crippen LogP contribution in [0.3, 0.4) is 0 Å². The highest BCUT2D eigenvalue weighted by Gasteiger charge is 2.40. The summed E-state index contributed by atoms with van der Waals surface area (Å²) >= 11 is 0. The molecule has 3 rings (SSSR count). The van der Waals surface area contributed by atoms with Gasteiger partial charge in [0.15, 0.2) is 0 Å². The van der Waals surface area contributed by atoms with Crippen LogP contribution in [-0.4, -0.2) is 27.0 Å². The van der Waals surface area contributed by atoms with E-state index in [0.717, 1.165) is 19.3 Å². The summed E-state index contributed by atoms with van der Waals surface area (Å²) in [6, 6.07) is 0. The van der Waals surface area contributed by atoms with E-state index < -0.39 is 5.60 Å². The molecular formula is C14H21N5O2. The Morgan fingerprint density at radius 3 is 3.10 bits per heavy atom. The van der Waals surface area contributed by atoms with Crippen LogP contribution in [0.2, 0.25) is 0 Å². The second kappa shape index (κ2) is 5.48. The molecule has 2 aromatic rings. The SMILES string of the molecule is COC1(c2noc(Cn3cc(N)cn3)n2)CCCC(C)C1. The summed E-state index contributed by atoms with van der Waals surface area (Å²) in [5.41, 5.74) is 5.84. The first kappa shape index (κ1) is 14.1. The molecule has 0 spiro atoms. The molecule has 2 unspecified atom stereocenters. The molecule has 114 valence electrons. The van der Waals surface area contributed by atoms with Gasteiger partial charge in [-0.1, -0.05) is 18.5 Å². The molecule has 0 aromatic carbocycles. The third-order valence-corrected chi connectivity index (χ3v) is 4.17.